The van der Waals surface area contributed by atoms with Gasteiger partial charge in [-0.25, -0.2) is 0 Å². The Kier molecular flexibility index (Phi) is 9.13. The Hall–Kier alpha value is -3.51. The van der Waals surface area contributed by atoms with Crippen LogP contribution >= 0.6 is 27.5 Å². The highest BCUT2D eigenvalue weighted by molar-refractivity contribution is 9.11. The Morgan fingerprint density at radius 3 is 2.41 bits per heavy atom. The summed E-state index contributed by atoms with van der Waals surface area (Å²) in [6.07, 6.45) is 4.31. The number of aliphatic hydroxyl groups is 1. The summed E-state index contributed by atoms with van der Waals surface area (Å²) in [6.45, 7) is 1.44. The fraction of sp³-hybridized carbons (Fsp3) is 0.412. The molecule has 10 nitrogen and oxygen atoms in total. The van der Waals surface area contributed by atoms with E-state index in [-0.39, 0.29) is 25.4 Å². The highest BCUT2D eigenvalue weighted by Crippen LogP contribution is 2.59. The normalized spacial score (nSPS) is 32.5. The molecule has 1 spiro atoms. The van der Waals surface area contributed by atoms with Crippen LogP contribution in [0.25, 0.3) is 0 Å². The van der Waals surface area contributed by atoms with Crippen LogP contribution < -0.4 is 4.90 Å². The van der Waals surface area contributed by atoms with Crippen LogP contribution in [0.1, 0.15) is 31.4 Å². The van der Waals surface area contributed by atoms with Gasteiger partial charge in [-0.3, -0.25) is 19.2 Å². The van der Waals surface area contributed by atoms with E-state index in [0.29, 0.717) is 27.2 Å². The quantitative estimate of drug-likeness (QED) is 0.376. The van der Waals surface area contributed by atoms with Crippen LogP contribution in [-0.4, -0.2) is 89.1 Å². The first-order valence-corrected chi connectivity index (χ1v) is 16.5. The van der Waals surface area contributed by atoms with Crippen molar-refractivity contribution in [3.8, 4) is 0 Å². The van der Waals surface area contributed by atoms with Gasteiger partial charge in [-0.15, -0.1) is 0 Å². The van der Waals surface area contributed by atoms with Crippen LogP contribution in [-0.2, 0) is 28.7 Å². The van der Waals surface area contributed by atoms with Crippen molar-refractivity contribution in [2.24, 2.45) is 11.8 Å². The molecule has 0 aliphatic carbocycles. The van der Waals surface area contributed by atoms with Gasteiger partial charge < -0.3 is 29.3 Å². The molecule has 0 radical (unpaired) electrons. The lowest BCUT2D eigenvalue weighted by Crippen LogP contribution is -2.56. The van der Waals surface area contributed by atoms with Gasteiger partial charge in [0.1, 0.15) is 29.8 Å². The number of carbonyl (C=O) groups excluding carboxylic acids is 4. The van der Waals surface area contributed by atoms with Crippen molar-refractivity contribution in [3.05, 3.63) is 87.9 Å². The van der Waals surface area contributed by atoms with Gasteiger partial charge in [-0.1, -0.05) is 70.0 Å². The molecule has 2 fully saturated rings. The number of likely N-dealkylation sites (N-methyl/N-ethyl adjacent to an activating group) is 1. The molecule has 46 heavy (non-hydrogen) atoms. The van der Waals surface area contributed by atoms with Crippen LogP contribution in [0.4, 0.5) is 5.69 Å². The summed E-state index contributed by atoms with van der Waals surface area (Å²) in [7, 11) is 1.68. The van der Waals surface area contributed by atoms with Crippen molar-refractivity contribution in [1.82, 2.24) is 9.80 Å². The fourth-order valence-electron chi connectivity index (χ4n) is 7.11. The van der Waals surface area contributed by atoms with E-state index in [9.17, 15) is 24.3 Å². The average Bonchev–Trinajstić information content (AvgIpc) is 3.64. The summed E-state index contributed by atoms with van der Waals surface area (Å²) in [4.78, 5) is 60.9. The minimum absolute atomic E-state index is 0.129. The Morgan fingerprint density at radius 2 is 1.72 bits per heavy atom. The number of carbonyl (C=O) groups is 4. The molecule has 4 aliphatic heterocycles. The summed E-state index contributed by atoms with van der Waals surface area (Å²) in [5, 5.41) is 10.5. The van der Waals surface area contributed by atoms with Gasteiger partial charge in [0.2, 0.25) is 11.8 Å². The van der Waals surface area contributed by atoms with Crippen molar-refractivity contribution in [2.75, 3.05) is 31.6 Å². The Labute approximate surface area is 280 Å². The van der Waals surface area contributed by atoms with Crippen LogP contribution in [0.15, 0.2) is 77.3 Å². The number of halogens is 2. The minimum Gasteiger partial charge on any atom is -0.455 e. The van der Waals surface area contributed by atoms with Crippen LogP contribution in [0.5, 0.6) is 0 Å². The van der Waals surface area contributed by atoms with Crippen molar-refractivity contribution < 1.29 is 33.8 Å². The minimum atomic E-state index is -1.49. The molecule has 2 aromatic carbocycles. The molecule has 4 aliphatic rings. The third kappa shape index (κ3) is 5.46. The van der Waals surface area contributed by atoms with Crippen molar-refractivity contribution in [1.29, 1.82) is 0 Å². The number of esters is 1. The van der Waals surface area contributed by atoms with Crippen molar-refractivity contribution in [3.63, 3.8) is 0 Å². The van der Waals surface area contributed by atoms with Crippen LogP contribution in [0, 0.1) is 11.8 Å². The van der Waals surface area contributed by atoms with Gasteiger partial charge >= 0.3 is 5.97 Å². The molecule has 3 amide bonds. The number of benzene rings is 2. The van der Waals surface area contributed by atoms with Crippen molar-refractivity contribution >= 4 is 56.9 Å². The Balaban J connectivity index is 1.47. The number of allylic oxidation sites excluding steroid dienone is 1. The Bertz CT molecular complexity index is 1580. The predicted octanol–water partition coefficient (Wildman–Crippen LogP) is 4.02. The van der Waals surface area contributed by atoms with Crippen LogP contribution in [0.2, 0.25) is 5.02 Å². The molecule has 6 rings (SSSR count). The zero-order chi connectivity index (χ0) is 32.7. The van der Waals surface area contributed by atoms with Gasteiger partial charge in [-0.05, 0) is 49.2 Å². The number of aliphatic hydroxyl groups excluding tert-OH is 1. The van der Waals surface area contributed by atoms with E-state index < -0.39 is 66.1 Å². The van der Waals surface area contributed by atoms with Gasteiger partial charge in [0.15, 0.2) is 0 Å². The van der Waals surface area contributed by atoms with E-state index in [0.717, 1.165) is 0 Å². The number of fused-ring (bicyclic) bond motifs is 2. The maximum absolute atomic E-state index is 14.7. The molecular weight excluding hydrogens is 678 g/mol. The number of hydrogen-bond donors (Lipinski definition) is 1. The van der Waals surface area contributed by atoms with E-state index >= 15 is 0 Å². The molecule has 5 bridgehead atoms. The number of β-amino-alcohol motifs (C(OH)–C–C–N with tert-alkyl or cyclic N) is 1. The van der Waals surface area contributed by atoms with E-state index in [1.54, 1.807) is 42.3 Å². The standard InChI is InChI=1S/C34H35BrClN3O7/c1-20-28(21-9-5-3-6-10-21)45-33(44)26-27-31(42)39(17-18-40)30(34(27)19-24(35)29(26)46-34)32(43)38(23-14-12-22(36)13-15-23)16-8-4-7-11-25(41)37(20)2/h3-6,8-10,12-15,19-20,26-30,40H,7,11,16-18H2,1-2H3/b8-4-/t20-,26+,27-,28+,29+,30+,34-/m1/s1. The molecule has 2 saturated heterocycles. The predicted molar refractivity (Wildman–Crippen MR) is 174 cm³/mol. The molecular formula is C34H35BrClN3O7. The summed E-state index contributed by atoms with van der Waals surface area (Å²) < 4.78 is 13.3. The van der Waals surface area contributed by atoms with E-state index in [1.807, 2.05) is 49.4 Å². The summed E-state index contributed by atoms with van der Waals surface area (Å²) >= 11 is 9.72. The summed E-state index contributed by atoms with van der Waals surface area (Å²) in [6, 6.07) is 14.2. The largest absolute Gasteiger partial charge is 0.455 e. The second-order valence-electron chi connectivity index (χ2n) is 12.0. The molecule has 0 unspecified atom stereocenters. The number of anilines is 1. The SMILES string of the molecule is C[C@@H]1[C@@H](c2ccccc2)OC(=O)[C@@H]2[C@H]3O[C@@]4(C=C3Br)[C@H](C(=O)N(c3ccc(Cl)cc3)C/C=C\CCC(=O)N1C)N(CCO)C(=O)[C@@H]24. The van der Waals surface area contributed by atoms with E-state index in [2.05, 4.69) is 15.9 Å². The van der Waals surface area contributed by atoms with Gasteiger partial charge in [0.05, 0.1) is 18.6 Å². The molecule has 7 atom stereocenters. The topological polar surface area (TPSA) is 117 Å². The molecule has 0 aromatic heterocycles. The molecule has 12 heteroatoms. The van der Waals surface area contributed by atoms with Gasteiger partial charge in [0.25, 0.3) is 5.91 Å². The van der Waals surface area contributed by atoms with Gasteiger partial charge in [-0.2, -0.15) is 0 Å². The number of ether oxygens (including phenoxy) is 2. The number of amides is 3. The molecule has 1 N–H and O–H groups in total. The van der Waals surface area contributed by atoms with E-state index in [1.165, 1.54) is 9.80 Å². The molecule has 0 saturated carbocycles. The zero-order valence-corrected chi connectivity index (χ0v) is 27.8. The second-order valence-corrected chi connectivity index (χ2v) is 13.4. The Morgan fingerprint density at radius 1 is 1.00 bits per heavy atom. The molecule has 4 heterocycles. The number of hydrogen-bond acceptors (Lipinski definition) is 7. The first-order chi connectivity index (χ1) is 22.1. The number of nitrogens with zero attached hydrogens (tertiary/aromatic N) is 3. The number of likely N-dealkylation sites (tertiary alicyclic amines) is 1. The lowest BCUT2D eigenvalue weighted by Gasteiger charge is -2.35. The monoisotopic (exact) mass is 711 g/mol. The van der Waals surface area contributed by atoms with Gasteiger partial charge in [0, 0.05) is 41.8 Å². The highest BCUT2D eigenvalue weighted by atomic mass is 79.9. The molecule has 242 valence electrons. The third-order valence-corrected chi connectivity index (χ3v) is 10.4. The maximum Gasteiger partial charge on any atom is 0.313 e. The highest BCUT2D eigenvalue weighted by Gasteiger charge is 2.75. The summed E-state index contributed by atoms with van der Waals surface area (Å²) in [5.74, 6) is -3.88. The number of cyclic esters (lactones) is 1. The lowest BCUT2D eigenvalue weighted by molar-refractivity contribution is -0.164. The van der Waals surface area contributed by atoms with E-state index in [4.69, 9.17) is 21.1 Å². The van der Waals surface area contributed by atoms with Crippen molar-refractivity contribution in [2.45, 2.75) is 49.7 Å². The maximum atomic E-state index is 14.7. The lowest BCUT2D eigenvalue weighted by atomic mass is 9.74. The van der Waals surface area contributed by atoms with Crippen LogP contribution in [0.3, 0.4) is 0 Å². The number of rotatable bonds is 4. The zero-order valence-electron chi connectivity index (χ0n) is 25.4. The third-order valence-electron chi connectivity index (χ3n) is 9.47. The first-order valence-electron chi connectivity index (χ1n) is 15.3. The first kappa shape index (κ1) is 32.4. The average molecular weight is 713 g/mol. The molecule has 2 aromatic rings. The smallest absolute Gasteiger partial charge is 0.313 e. The second kappa shape index (κ2) is 12.9. The summed E-state index contributed by atoms with van der Waals surface area (Å²) in [5.41, 5.74) is -0.255. The fourth-order valence-corrected chi connectivity index (χ4v) is 7.97.